The minimum absolute atomic E-state index is 0.171. The monoisotopic (exact) mass is 304 g/mol. The highest BCUT2D eigenvalue weighted by Crippen LogP contribution is 2.25. The summed E-state index contributed by atoms with van der Waals surface area (Å²) in [5.74, 6) is 0. The highest BCUT2D eigenvalue weighted by atomic mass is 35.5. The van der Waals surface area contributed by atoms with Crippen molar-refractivity contribution in [1.29, 1.82) is 0 Å². The first-order valence-corrected chi connectivity index (χ1v) is 7.24. The second kappa shape index (κ2) is 4.57. The minimum Gasteiger partial charge on any atom is -0.199 e. The number of hydrogen-bond donors (Lipinski definition) is 0. The fourth-order valence-electron chi connectivity index (χ4n) is 1.55. The highest BCUT2D eigenvalue weighted by molar-refractivity contribution is 7.89. The Morgan fingerprint density at radius 3 is 2.39 bits per heavy atom. The van der Waals surface area contributed by atoms with Gasteiger partial charge in [0.25, 0.3) is 10.0 Å². The first kappa shape index (κ1) is 13.4. The van der Waals surface area contributed by atoms with Crippen molar-refractivity contribution >= 4 is 33.2 Å². The van der Waals surface area contributed by atoms with Crippen LogP contribution < -0.4 is 0 Å². The van der Waals surface area contributed by atoms with Crippen molar-refractivity contribution < 1.29 is 8.42 Å². The lowest BCUT2D eigenvalue weighted by Gasteiger charge is -2.09. The number of rotatable bonds is 2. The van der Waals surface area contributed by atoms with E-state index in [1.807, 2.05) is 0 Å². The summed E-state index contributed by atoms with van der Waals surface area (Å²) in [6.07, 6.45) is 2.53. The van der Waals surface area contributed by atoms with Crippen LogP contribution in [0.25, 0.3) is 0 Å². The Hall–Kier alpha value is -1.04. The van der Waals surface area contributed by atoms with E-state index in [4.69, 9.17) is 23.2 Å². The first-order chi connectivity index (χ1) is 8.32. The van der Waals surface area contributed by atoms with E-state index < -0.39 is 10.0 Å². The van der Waals surface area contributed by atoms with Gasteiger partial charge >= 0.3 is 0 Å². The van der Waals surface area contributed by atoms with Crippen molar-refractivity contribution in [2.75, 3.05) is 0 Å². The van der Waals surface area contributed by atoms with Crippen LogP contribution in [0.2, 0.25) is 10.0 Å². The summed E-state index contributed by atoms with van der Waals surface area (Å²) in [5.41, 5.74) is 1.26. The van der Waals surface area contributed by atoms with Crippen LogP contribution >= 0.6 is 23.2 Å². The lowest BCUT2D eigenvalue weighted by Crippen LogP contribution is -2.15. The summed E-state index contributed by atoms with van der Waals surface area (Å²) in [6, 6.07) is 3.15. The number of halogens is 2. The maximum absolute atomic E-state index is 12.3. The van der Waals surface area contributed by atoms with E-state index in [-0.39, 0.29) is 9.92 Å². The number of aryl methyl sites for hydroxylation is 2. The van der Waals surface area contributed by atoms with E-state index >= 15 is 0 Å². The largest absolute Gasteiger partial charge is 0.283 e. The van der Waals surface area contributed by atoms with Gasteiger partial charge in [-0.15, -0.1) is 0 Å². The molecule has 0 amide bonds. The molecule has 96 valence electrons. The molecule has 0 aliphatic heterocycles. The Labute approximate surface area is 115 Å². The molecule has 0 bridgehead atoms. The zero-order valence-corrected chi connectivity index (χ0v) is 12.0. The third-order valence-electron chi connectivity index (χ3n) is 2.51. The molecule has 0 aliphatic carbocycles. The highest BCUT2D eigenvalue weighted by Gasteiger charge is 2.21. The number of aromatic nitrogens is 2. The van der Waals surface area contributed by atoms with Crippen molar-refractivity contribution in [2.45, 2.75) is 18.7 Å². The Morgan fingerprint density at radius 2 is 1.83 bits per heavy atom. The van der Waals surface area contributed by atoms with E-state index in [1.165, 1.54) is 18.5 Å². The van der Waals surface area contributed by atoms with Gasteiger partial charge in [-0.1, -0.05) is 23.2 Å². The van der Waals surface area contributed by atoms with Crippen molar-refractivity contribution in [3.05, 3.63) is 45.7 Å². The average Bonchev–Trinajstić information content (AvgIpc) is 2.70. The summed E-state index contributed by atoms with van der Waals surface area (Å²) in [7, 11) is -3.73. The maximum atomic E-state index is 12.3. The zero-order valence-electron chi connectivity index (χ0n) is 9.68. The predicted molar refractivity (Wildman–Crippen MR) is 70.7 cm³/mol. The molecule has 0 aliphatic rings. The van der Waals surface area contributed by atoms with E-state index in [1.54, 1.807) is 19.9 Å². The van der Waals surface area contributed by atoms with Crippen LogP contribution in [-0.4, -0.2) is 17.6 Å². The van der Waals surface area contributed by atoms with Crippen LogP contribution in [-0.2, 0) is 10.0 Å². The molecule has 0 spiro atoms. The lowest BCUT2D eigenvalue weighted by molar-refractivity contribution is 0.579. The minimum atomic E-state index is -3.73. The van der Waals surface area contributed by atoms with Gasteiger partial charge < -0.3 is 0 Å². The molecule has 0 unspecified atom stereocenters. The Morgan fingerprint density at radius 1 is 1.17 bits per heavy atom. The second-order valence-corrected chi connectivity index (χ2v) is 6.51. The Kier molecular flexibility index (Phi) is 3.40. The van der Waals surface area contributed by atoms with Gasteiger partial charge in [-0.2, -0.15) is 17.6 Å². The van der Waals surface area contributed by atoms with Gasteiger partial charge in [0.15, 0.2) is 0 Å². The van der Waals surface area contributed by atoms with Crippen molar-refractivity contribution in [3.8, 4) is 0 Å². The van der Waals surface area contributed by atoms with Gasteiger partial charge in [-0.25, -0.2) is 0 Å². The van der Waals surface area contributed by atoms with Crippen LogP contribution in [0.1, 0.15) is 11.1 Å². The van der Waals surface area contributed by atoms with Crippen LogP contribution in [0.5, 0.6) is 0 Å². The summed E-state index contributed by atoms with van der Waals surface area (Å²) in [5, 5.41) is 4.52. The zero-order chi connectivity index (χ0) is 13.5. The molecule has 0 radical (unpaired) electrons. The van der Waals surface area contributed by atoms with Gasteiger partial charge in [0, 0.05) is 5.02 Å². The molecule has 18 heavy (non-hydrogen) atoms. The van der Waals surface area contributed by atoms with Gasteiger partial charge in [-0.05, 0) is 37.1 Å². The quantitative estimate of drug-likeness (QED) is 0.857. The SMILES string of the molecule is Cc1cc(S(=O)(=O)n2cc(Cl)cn2)c(C)cc1Cl. The molecule has 0 fully saturated rings. The molecule has 1 heterocycles. The second-order valence-electron chi connectivity index (χ2n) is 3.90. The van der Waals surface area contributed by atoms with Crippen LogP contribution in [0.3, 0.4) is 0 Å². The molecule has 1 aromatic carbocycles. The Balaban J connectivity index is 2.65. The lowest BCUT2D eigenvalue weighted by atomic mass is 10.2. The maximum Gasteiger partial charge on any atom is 0.283 e. The topological polar surface area (TPSA) is 52.0 Å². The standard InChI is InChI=1S/C11H10Cl2N2O2S/c1-7-4-11(8(2)3-10(7)13)18(16,17)15-6-9(12)5-14-15/h3-6H,1-2H3. The normalized spacial score (nSPS) is 11.8. The third kappa shape index (κ3) is 2.25. The van der Waals surface area contributed by atoms with Gasteiger partial charge in [-0.3, -0.25) is 0 Å². The summed E-state index contributed by atoms with van der Waals surface area (Å²) >= 11 is 11.6. The predicted octanol–water partition coefficient (Wildman–Crippen LogP) is 3.04. The smallest absolute Gasteiger partial charge is 0.199 e. The molecule has 1 aromatic heterocycles. The fraction of sp³-hybridized carbons (Fsp3) is 0.182. The molecule has 2 aromatic rings. The molecule has 0 atom stereocenters. The average molecular weight is 305 g/mol. The molecular weight excluding hydrogens is 295 g/mol. The van der Waals surface area contributed by atoms with Gasteiger partial charge in [0.2, 0.25) is 0 Å². The van der Waals surface area contributed by atoms with Crippen LogP contribution in [0.4, 0.5) is 0 Å². The van der Waals surface area contributed by atoms with Gasteiger partial charge in [0.1, 0.15) is 0 Å². The van der Waals surface area contributed by atoms with E-state index in [9.17, 15) is 8.42 Å². The van der Waals surface area contributed by atoms with Gasteiger partial charge in [0.05, 0.1) is 22.3 Å². The fourth-order valence-corrected chi connectivity index (χ4v) is 3.38. The molecule has 4 nitrogen and oxygen atoms in total. The van der Waals surface area contributed by atoms with Crippen molar-refractivity contribution in [1.82, 2.24) is 9.19 Å². The molecular formula is C11H10Cl2N2O2S. The van der Waals surface area contributed by atoms with Crippen LogP contribution in [0, 0.1) is 13.8 Å². The molecule has 7 heteroatoms. The van der Waals surface area contributed by atoms with Crippen molar-refractivity contribution in [3.63, 3.8) is 0 Å². The Bertz CT molecular complexity index is 708. The van der Waals surface area contributed by atoms with E-state index in [2.05, 4.69) is 5.10 Å². The molecule has 0 saturated carbocycles. The first-order valence-electron chi connectivity index (χ1n) is 5.05. The number of benzene rings is 1. The third-order valence-corrected chi connectivity index (χ3v) is 4.80. The molecule has 0 saturated heterocycles. The van der Waals surface area contributed by atoms with E-state index in [0.717, 1.165) is 4.09 Å². The summed E-state index contributed by atoms with van der Waals surface area (Å²) < 4.78 is 25.5. The van der Waals surface area contributed by atoms with Crippen molar-refractivity contribution in [2.24, 2.45) is 0 Å². The summed E-state index contributed by atoms with van der Waals surface area (Å²) in [6.45, 7) is 3.43. The molecule has 2 rings (SSSR count). The molecule has 0 N–H and O–H groups in total. The summed E-state index contributed by atoms with van der Waals surface area (Å²) in [4.78, 5) is 0.171. The van der Waals surface area contributed by atoms with E-state index in [0.29, 0.717) is 16.1 Å². The number of hydrogen-bond acceptors (Lipinski definition) is 3. The number of nitrogens with zero attached hydrogens (tertiary/aromatic N) is 2. The van der Waals surface area contributed by atoms with Crippen LogP contribution in [0.15, 0.2) is 29.4 Å².